The van der Waals surface area contributed by atoms with Crippen molar-refractivity contribution in [2.45, 2.75) is 17.7 Å². The first-order chi connectivity index (χ1) is 11.7. The molecule has 0 aliphatic rings. The van der Waals surface area contributed by atoms with Crippen LogP contribution in [0.1, 0.15) is 12.0 Å². The van der Waals surface area contributed by atoms with E-state index in [1.165, 1.54) is 14.1 Å². The van der Waals surface area contributed by atoms with E-state index in [9.17, 15) is 13.2 Å². The van der Waals surface area contributed by atoms with Gasteiger partial charge in [0.2, 0.25) is 15.9 Å². The standard InChI is InChI=1S/C17H18Cl2N2O3S/c1-21(2)25(23,24)14-7-3-12(4-8-14)5-10-17(22)20-13-6-9-15(18)16(19)11-13/h3-4,6-9,11H,5,10H2,1-2H3,(H,20,22). The zero-order valence-corrected chi connectivity index (χ0v) is 16.1. The third-order valence-corrected chi connectivity index (χ3v) is 6.11. The van der Waals surface area contributed by atoms with Crippen molar-refractivity contribution >= 4 is 44.8 Å². The molecule has 134 valence electrons. The van der Waals surface area contributed by atoms with Gasteiger partial charge >= 0.3 is 0 Å². The largest absolute Gasteiger partial charge is 0.326 e. The highest BCUT2D eigenvalue weighted by atomic mass is 35.5. The number of halogens is 2. The Morgan fingerprint density at radius 1 is 1.04 bits per heavy atom. The molecule has 0 radical (unpaired) electrons. The van der Waals surface area contributed by atoms with E-state index in [0.717, 1.165) is 9.87 Å². The highest BCUT2D eigenvalue weighted by molar-refractivity contribution is 7.89. The number of rotatable bonds is 6. The number of hydrogen-bond donors (Lipinski definition) is 1. The van der Waals surface area contributed by atoms with Crippen molar-refractivity contribution in [1.82, 2.24) is 4.31 Å². The van der Waals surface area contributed by atoms with Crippen LogP contribution in [0.4, 0.5) is 5.69 Å². The summed E-state index contributed by atoms with van der Waals surface area (Å²) in [6, 6.07) is 11.4. The molecule has 0 bridgehead atoms. The van der Waals surface area contributed by atoms with Crippen LogP contribution in [0.3, 0.4) is 0 Å². The fraction of sp³-hybridized carbons (Fsp3) is 0.235. The molecule has 0 aromatic heterocycles. The summed E-state index contributed by atoms with van der Waals surface area (Å²) in [4.78, 5) is 12.2. The van der Waals surface area contributed by atoms with Crippen LogP contribution in [0.2, 0.25) is 10.0 Å². The Morgan fingerprint density at radius 2 is 1.68 bits per heavy atom. The van der Waals surface area contributed by atoms with Crippen molar-refractivity contribution in [3.05, 3.63) is 58.1 Å². The van der Waals surface area contributed by atoms with Crippen LogP contribution in [-0.2, 0) is 21.2 Å². The van der Waals surface area contributed by atoms with Gasteiger partial charge in [-0.3, -0.25) is 4.79 Å². The van der Waals surface area contributed by atoms with E-state index < -0.39 is 10.0 Å². The molecule has 1 amide bonds. The summed E-state index contributed by atoms with van der Waals surface area (Å²) in [6.07, 6.45) is 0.759. The minimum atomic E-state index is -3.44. The van der Waals surface area contributed by atoms with E-state index in [1.54, 1.807) is 42.5 Å². The number of carbonyl (C=O) groups excluding carboxylic acids is 1. The molecule has 0 aliphatic heterocycles. The second-order valence-corrected chi connectivity index (χ2v) is 8.57. The molecule has 8 heteroatoms. The summed E-state index contributed by atoms with van der Waals surface area (Å²) >= 11 is 11.7. The third kappa shape index (κ3) is 5.19. The lowest BCUT2D eigenvalue weighted by Gasteiger charge is -2.11. The first kappa shape index (κ1) is 19.7. The molecule has 0 aliphatic carbocycles. The topological polar surface area (TPSA) is 66.5 Å². The van der Waals surface area contributed by atoms with Gasteiger partial charge in [-0.25, -0.2) is 12.7 Å². The first-order valence-electron chi connectivity index (χ1n) is 7.46. The Hall–Kier alpha value is -1.60. The Labute approximate surface area is 157 Å². The molecule has 2 aromatic rings. The molecule has 0 fully saturated rings. The summed E-state index contributed by atoms with van der Waals surface area (Å²) in [5, 5.41) is 3.54. The highest BCUT2D eigenvalue weighted by Crippen LogP contribution is 2.25. The van der Waals surface area contributed by atoms with Gasteiger partial charge in [-0.2, -0.15) is 0 Å². The van der Waals surface area contributed by atoms with Crippen LogP contribution in [0, 0.1) is 0 Å². The monoisotopic (exact) mass is 400 g/mol. The zero-order chi connectivity index (χ0) is 18.6. The molecule has 0 spiro atoms. The molecular formula is C17H18Cl2N2O3S. The molecule has 5 nitrogen and oxygen atoms in total. The van der Waals surface area contributed by atoms with E-state index in [0.29, 0.717) is 22.2 Å². The van der Waals surface area contributed by atoms with E-state index >= 15 is 0 Å². The van der Waals surface area contributed by atoms with Gasteiger partial charge in [0, 0.05) is 26.2 Å². The number of amides is 1. The lowest BCUT2D eigenvalue weighted by Crippen LogP contribution is -2.22. The quantitative estimate of drug-likeness (QED) is 0.801. The molecule has 0 atom stereocenters. The Bertz CT molecular complexity index is 866. The van der Waals surface area contributed by atoms with Gasteiger partial charge in [0.1, 0.15) is 0 Å². The van der Waals surface area contributed by atoms with Crippen LogP contribution in [0.15, 0.2) is 47.4 Å². The second kappa shape index (κ2) is 8.19. The molecule has 0 heterocycles. The van der Waals surface area contributed by atoms with Gasteiger partial charge in [-0.1, -0.05) is 35.3 Å². The average Bonchev–Trinajstić information content (AvgIpc) is 2.56. The molecule has 0 saturated carbocycles. The smallest absolute Gasteiger partial charge is 0.242 e. The van der Waals surface area contributed by atoms with E-state index in [4.69, 9.17) is 23.2 Å². The summed E-state index contributed by atoms with van der Waals surface area (Å²) < 4.78 is 25.2. The highest BCUT2D eigenvalue weighted by Gasteiger charge is 2.16. The minimum Gasteiger partial charge on any atom is -0.326 e. The molecular weight excluding hydrogens is 383 g/mol. The lowest BCUT2D eigenvalue weighted by atomic mass is 10.1. The second-order valence-electron chi connectivity index (χ2n) is 5.61. The number of sulfonamides is 1. The van der Waals surface area contributed by atoms with Gasteiger partial charge in [-0.05, 0) is 42.3 Å². The van der Waals surface area contributed by atoms with Crippen LogP contribution in [0.25, 0.3) is 0 Å². The van der Waals surface area contributed by atoms with Crippen molar-refractivity contribution in [3.8, 4) is 0 Å². The van der Waals surface area contributed by atoms with Crippen molar-refractivity contribution < 1.29 is 13.2 Å². The molecule has 2 aromatic carbocycles. The van der Waals surface area contributed by atoms with Crippen LogP contribution in [-0.4, -0.2) is 32.7 Å². The summed E-state index contributed by atoms with van der Waals surface area (Å²) in [7, 11) is -0.477. The predicted octanol–water partition coefficient (Wildman–Crippen LogP) is 3.82. The summed E-state index contributed by atoms with van der Waals surface area (Å²) in [5.74, 6) is -0.164. The van der Waals surface area contributed by atoms with Crippen molar-refractivity contribution in [2.24, 2.45) is 0 Å². The minimum absolute atomic E-state index is 0.164. The number of nitrogens with zero attached hydrogens (tertiary/aromatic N) is 1. The number of benzene rings is 2. The lowest BCUT2D eigenvalue weighted by molar-refractivity contribution is -0.116. The average molecular weight is 401 g/mol. The van der Waals surface area contributed by atoms with Gasteiger partial charge < -0.3 is 5.32 Å². The van der Waals surface area contributed by atoms with Gasteiger partial charge in [0.25, 0.3) is 0 Å². The van der Waals surface area contributed by atoms with Gasteiger partial charge in [-0.15, -0.1) is 0 Å². The van der Waals surface area contributed by atoms with E-state index in [-0.39, 0.29) is 17.2 Å². The Kier molecular flexibility index (Phi) is 6.46. The van der Waals surface area contributed by atoms with E-state index in [1.807, 2.05) is 0 Å². The van der Waals surface area contributed by atoms with Crippen molar-refractivity contribution in [3.63, 3.8) is 0 Å². The van der Waals surface area contributed by atoms with Crippen LogP contribution >= 0.6 is 23.2 Å². The Morgan fingerprint density at radius 3 is 2.24 bits per heavy atom. The van der Waals surface area contributed by atoms with Crippen molar-refractivity contribution in [1.29, 1.82) is 0 Å². The fourth-order valence-electron chi connectivity index (χ4n) is 2.09. The molecule has 0 saturated heterocycles. The maximum Gasteiger partial charge on any atom is 0.242 e. The third-order valence-electron chi connectivity index (χ3n) is 3.55. The predicted molar refractivity (Wildman–Crippen MR) is 101 cm³/mol. The van der Waals surface area contributed by atoms with Crippen LogP contribution < -0.4 is 5.32 Å². The summed E-state index contributed by atoms with van der Waals surface area (Å²) in [6.45, 7) is 0. The normalized spacial score (nSPS) is 11.6. The number of aryl methyl sites for hydroxylation is 1. The SMILES string of the molecule is CN(C)S(=O)(=O)c1ccc(CCC(=O)Nc2ccc(Cl)c(Cl)c2)cc1. The number of hydrogen-bond acceptors (Lipinski definition) is 3. The van der Waals surface area contributed by atoms with Gasteiger partial charge in [0.05, 0.1) is 14.9 Å². The maximum atomic E-state index is 12.0. The summed E-state index contributed by atoms with van der Waals surface area (Å²) in [5.41, 5.74) is 1.45. The molecule has 25 heavy (non-hydrogen) atoms. The van der Waals surface area contributed by atoms with Crippen molar-refractivity contribution in [2.75, 3.05) is 19.4 Å². The molecule has 0 unspecified atom stereocenters. The number of anilines is 1. The zero-order valence-electron chi connectivity index (χ0n) is 13.8. The van der Waals surface area contributed by atoms with Crippen LogP contribution in [0.5, 0.6) is 0 Å². The van der Waals surface area contributed by atoms with E-state index in [2.05, 4.69) is 5.32 Å². The fourth-order valence-corrected chi connectivity index (χ4v) is 3.29. The maximum absolute atomic E-state index is 12.0. The Balaban J connectivity index is 1.94. The molecule has 1 N–H and O–H groups in total. The number of carbonyl (C=O) groups is 1. The number of nitrogens with one attached hydrogen (secondary N) is 1. The molecule has 2 rings (SSSR count). The first-order valence-corrected chi connectivity index (χ1v) is 9.66. The van der Waals surface area contributed by atoms with Gasteiger partial charge in [0.15, 0.2) is 0 Å².